The number of nitrogens with zero attached hydrogens (tertiary/aromatic N) is 2. The van der Waals surface area contributed by atoms with Crippen LogP contribution in [0, 0.1) is 6.92 Å². The highest BCUT2D eigenvalue weighted by molar-refractivity contribution is 14.0. The summed E-state index contributed by atoms with van der Waals surface area (Å²) < 4.78 is 5.67. The van der Waals surface area contributed by atoms with E-state index in [0.717, 1.165) is 48.4 Å². The maximum absolute atomic E-state index is 5.67. The number of aliphatic imine (C=N–C) groups is 1. The second kappa shape index (κ2) is 12.1. The van der Waals surface area contributed by atoms with Crippen LogP contribution in [0.1, 0.15) is 29.6 Å². The Hall–Kier alpha value is -1.35. The number of aromatic nitrogens is 1. The molecule has 5 nitrogen and oxygen atoms in total. The van der Waals surface area contributed by atoms with Gasteiger partial charge in [0.05, 0.1) is 17.3 Å². The van der Waals surface area contributed by atoms with Crippen LogP contribution in [0.2, 0.25) is 0 Å². The number of ether oxygens (including phenoxy) is 1. The van der Waals surface area contributed by atoms with Crippen molar-refractivity contribution in [3.63, 3.8) is 0 Å². The van der Waals surface area contributed by atoms with E-state index >= 15 is 0 Å². The minimum Gasteiger partial charge on any atom is -0.494 e. The van der Waals surface area contributed by atoms with Crippen LogP contribution in [0.5, 0.6) is 5.75 Å². The molecule has 2 rings (SSSR count). The summed E-state index contributed by atoms with van der Waals surface area (Å²) in [5.41, 5.74) is 2.29. The predicted molar refractivity (Wildman–Crippen MR) is 116 cm³/mol. The van der Waals surface area contributed by atoms with E-state index in [-0.39, 0.29) is 24.0 Å². The third kappa shape index (κ3) is 8.04. The molecule has 0 spiro atoms. The van der Waals surface area contributed by atoms with Gasteiger partial charge >= 0.3 is 0 Å². The first-order valence-electron chi connectivity index (χ1n) is 8.28. The molecule has 2 N–H and O–H groups in total. The number of aryl methyl sites for hydroxylation is 1. The smallest absolute Gasteiger partial charge is 0.191 e. The summed E-state index contributed by atoms with van der Waals surface area (Å²) in [5, 5.41) is 9.86. The van der Waals surface area contributed by atoms with E-state index in [2.05, 4.69) is 45.0 Å². The molecule has 0 bridgehead atoms. The summed E-state index contributed by atoms with van der Waals surface area (Å²) in [6.07, 6.45) is 1.91. The molecule has 0 aliphatic rings. The van der Waals surface area contributed by atoms with Crippen LogP contribution in [-0.2, 0) is 13.0 Å². The maximum Gasteiger partial charge on any atom is 0.191 e. The molecule has 2 aromatic rings. The fraction of sp³-hybridized carbons (Fsp3) is 0.444. The minimum atomic E-state index is 0. The Morgan fingerprint density at radius 1 is 1.32 bits per heavy atom. The van der Waals surface area contributed by atoms with Gasteiger partial charge in [-0.05, 0) is 31.0 Å². The van der Waals surface area contributed by atoms with Crippen molar-refractivity contribution in [2.24, 2.45) is 4.99 Å². The number of halogens is 1. The molecular weight excluding hydrogens is 447 g/mol. The number of nitrogens with one attached hydrogen (secondary N) is 2. The summed E-state index contributed by atoms with van der Waals surface area (Å²) in [7, 11) is 1.78. The normalized spacial score (nSPS) is 10.9. The molecule has 0 fully saturated rings. The lowest BCUT2D eigenvalue weighted by atomic mass is 10.2. The van der Waals surface area contributed by atoms with Crippen molar-refractivity contribution in [1.29, 1.82) is 0 Å². The second-order valence-corrected chi connectivity index (χ2v) is 6.52. The molecule has 0 aliphatic heterocycles. The molecule has 0 unspecified atom stereocenters. The van der Waals surface area contributed by atoms with Gasteiger partial charge in [-0.25, -0.2) is 4.98 Å². The van der Waals surface area contributed by atoms with Crippen LogP contribution in [0.3, 0.4) is 0 Å². The number of rotatable bonds is 8. The predicted octanol–water partition coefficient (Wildman–Crippen LogP) is 3.77. The lowest BCUT2D eigenvalue weighted by Crippen LogP contribution is -2.37. The van der Waals surface area contributed by atoms with E-state index in [1.807, 2.05) is 19.1 Å². The highest BCUT2D eigenvalue weighted by Crippen LogP contribution is 2.13. The van der Waals surface area contributed by atoms with Gasteiger partial charge in [-0.1, -0.05) is 19.1 Å². The van der Waals surface area contributed by atoms with Gasteiger partial charge in [-0.2, -0.15) is 0 Å². The molecule has 1 aromatic carbocycles. The van der Waals surface area contributed by atoms with E-state index in [4.69, 9.17) is 4.74 Å². The number of benzene rings is 1. The molecule has 1 heterocycles. The van der Waals surface area contributed by atoms with Crippen LogP contribution >= 0.6 is 35.3 Å². The Labute approximate surface area is 171 Å². The number of hydrogen-bond acceptors (Lipinski definition) is 4. The SMILES string of the molecule is CCCOc1cccc(CNC(=NC)NCCc2csc(C)n2)c1.I. The summed E-state index contributed by atoms with van der Waals surface area (Å²) in [6.45, 7) is 6.39. The Morgan fingerprint density at radius 2 is 2.16 bits per heavy atom. The highest BCUT2D eigenvalue weighted by Gasteiger charge is 2.02. The van der Waals surface area contributed by atoms with Crippen LogP contribution in [0.15, 0.2) is 34.6 Å². The zero-order chi connectivity index (χ0) is 17.2. The third-order valence-electron chi connectivity index (χ3n) is 3.40. The van der Waals surface area contributed by atoms with Crippen molar-refractivity contribution in [3.8, 4) is 5.75 Å². The van der Waals surface area contributed by atoms with Crippen LogP contribution in [0.4, 0.5) is 0 Å². The highest BCUT2D eigenvalue weighted by atomic mass is 127. The first kappa shape index (κ1) is 21.7. The Bertz CT molecular complexity index is 660. The van der Waals surface area contributed by atoms with Gasteiger partial charge in [0.1, 0.15) is 5.75 Å². The van der Waals surface area contributed by atoms with Crippen molar-refractivity contribution in [1.82, 2.24) is 15.6 Å². The molecule has 0 saturated carbocycles. The standard InChI is InChI=1S/C18H26N4OS.HI/c1-4-10-23-17-7-5-6-15(11-17)12-21-18(19-3)20-9-8-16-13-24-14(2)22-16;/h5-7,11,13H,4,8-10,12H2,1-3H3,(H2,19,20,21);1H. The largest absolute Gasteiger partial charge is 0.494 e. The summed E-state index contributed by atoms with van der Waals surface area (Å²) in [6, 6.07) is 8.15. The van der Waals surface area contributed by atoms with Crippen molar-refractivity contribution >= 4 is 41.3 Å². The van der Waals surface area contributed by atoms with Crippen molar-refractivity contribution in [3.05, 3.63) is 45.9 Å². The monoisotopic (exact) mass is 474 g/mol. The molecule has 0 saturated heterocycles. The fourth-order valence-corrected chi connectivity index (χ4v) is 2.85. The fourth-order valence-electron chi connectivity index (χ4n) is 2.20. The first-order chi connectivity index (χ1) is 11.7. The summed E-state index contributed by atoms with van der Waals surface area (Å²) in [4.78, 5) is 8.72. The molecule has 25 heavy (non-hydrogen) atoms. The molecule has 0 atom stereocenters. The topological polar surface area (TPSA) is 58.5 Å². The molecule has 0 radical (unpaired) electrons. The van der Waals surface area contributed by atoms with Gasteiger partial charge in [-0.3, -0.25) is 4.99 Å². The molecule has 0 amide bonds. The molecule has 1 aromatic heterocycles. The van der Waals surface area contributed by atoms with E-state index in [1.54, 1.807) is 18.4 Å². The van der Waals surface area contributed by atoms with Gasteiger partial charge in [0.25, 0.3) is 0 Å². The molecular formula is C18H27IN4OS. The lowest BCUT2D eigenvalue weighted by molar-refractivity contribution is 0.317. The summed E-state index contributed by atoms with van der Waals surface area (Å²) in [5.74, 6) is 1.71. The second-order valence-electron chi connectivity index (χ2n) is 5.46. The van der Waals surface area contributed by atoms with E-state index < -0.39 is 0 Å². The average Bonchev–Trinajstić information content (AvgIpc) is 3.01. The van der Waals surface area contributed by atoms with Crippen LogP contribution < -0.4 is 15.4 Å². The number of hydrogen-bond donors (Lipinski definition) is 2. The Balaban J connectivity index is 0.00000312. The van der Waals surface area contributed by atoms with Gasteiger partial charge < -0.3 is 15.4 Å². The molecule has 7 heteroatoms. The van der Waals surface area contributed by atoms with Gasteiger partial charge in [-0.15, -0.1) is 35.3 Å². The number of thiazole rings is 1. The average molecular weight is 474 g/mol. The minimum absolute atomic E-state index is 0. The number of guanidine groups is 1. The zero-order valence-corrected chi connectivity index (χ0v) is 18.2. The Morgan fingerprint density at radius 3 is 2.84 bits per heavy atom. The van der Waals surface area contributed by atoms with Crippen molar-refractivity contribution < 1.29 is 4.74 Å². The van der Waals surface area contributed by atoms with E-state index in [1.165, 1.54) is 5.56 Å². The third-order valence-corrected chi connectivity index (χ3v) is 4.22. The van der Waals surface area contributed by atoms with Gasteiger partial charge in [0, 0.05) is 31.9 Å². The maximum atomic E-state index is 5.67. The van der Waals surface area contributed by atoms with Crippen molar-refractivity contribution in [2.75, 3.05) is 20.2 Å². The molecule has 138 valence electrons. The first-order valence-corrected chi connectivity index (χ1v) is 9.16. The quantitative estimate of drug-likeness (QED) is 0.348. The van der Waals surface area contributed by atoms with E-state index in [9.17, 15) is 0 Å². The van der Waals surface area contributed by atoms with Gasteiger partial charge in [0.15, 0.2) is 5.96 Å². The molecule has 0 aliphatic carbocycles. The Kier molecular flexibility index (Phi) is 10.5. The van der Waals surface area contributed by atoms with Crippen molar-refractivity contribution in [2.45, 2.75) is 33.2 Å². The van der Waals surface area contributed by atoms with E-state index in [0.29, 0.717) is 6.54 Å². The lowest BCUT2D eigenvalue weighted by Gasteiger charge is -2.12. The van der Waals surface area contributed by atoms with Crippen LogP contribution in [0.25, 0.3) is 0 Å². The van der Waals surface area contributed by atoms with Crippen LogP contribution in [-0.4, -0.2) is 31.1 Å². The summed E-state index contributed by atoms with van der Waals surface area (Å²) >= 11 is 1.69. The zero-order valence-electron chi connectivity index (χ0n) is 15.0. The van der Waals surface area contributed by atoms with Gasteiger partial charge in [0.2, 0.25) is 0 Å².